The molecule has 0 aliphatic rings. The van der Waals surface area contributed by atoms with Gasteiger partial charge in [-0.1, -0.05) is 277 Å². The Hall–Kier alpha value is -1.85. The molecule has 384 valence electrons. The summed E-state index contributed by atoms with van der Waals surface area (Å²) in [5.41, 5.74) is 0. The van der Waals surface area contributed by atoms with Crippen LogP contribution in [0.5, 0.6) is 0 Å². The van der Waals surface area contributed by atoms with Gasteiger partial charge < -0.3 is 14.2 Å². The monoisotopic (exact) mass is 917 g/mol. The summed E-state index contributed by atoms with van der Waals surface area (Å²) >= 11 is 0. The topological polar surface area (TPSA) is 78.9 Å². The third kappa shape index (κ3) is 53.0. The molecule has 65 heavy (non-hydrogen) atoms. The van der Waals surface area contributed by atoms with Crippen LogP contribution < -0.4 is 0 Å². The predicted octanol–water partition coefficient (Wildman–Crippen LogP) is 19.3. The van der Waals surface area contributed by atoms with Crippen molar-refractivity contribution in [3.8, 4) is 0 Å². The highest BCUT2D eigenvalue weighted by Crippen LogP contribution is 2.17. The predicted molar refractivity (Wildman–Crippen MR) is 280 cm³/mol. The molecule has 0 aromatic rings. The summed E-state index contributed by atoms with van der Waals surface area (Å²) in [6.07, 6.45) is 62.0. The normalized spacial score (nSPS) is 12.0. The molecular weight excluding hydrogens is 805 g/mol. The van der Waals surface area contributed by atoms with Gasteiger partial charge in [0.25, 0.3) is 0 Å². The van der Waals surface area contributed by atoms with Gasteiger partial charge in [0, 0.05) is 19.3 Å². The van der Waals surface area contributed by atoms with Gasteiger partial charge in [-0.3, -0.25) is 14.4 Å². The fraction of sp³-hybridized carbons (Fsp3) is 0.915. The first-order chi connectivity index (χ1) is 32.0. The summed E-state index contributed by atoms with van der Waals surface area (Å²) in [6.45, 7) is 6.69. The van der Waals surface area contributed by atoms with Crippen molar-refractivity contribution < 1.29 is 28.6 Å². The van der Waals surface area contributed by atoms with Gasteiger partial charge in [-0.15, -0.1) is 0 Å². The Balaban J connectivity index is 4.31. The average molecular weight is 918 g/mol. The minimum atomic E-state index is -0.766. The molecule has 0 bridgehead atoms. The summed E-state index contributed by atoms with van der Waals surface area (Å²) in [4.78, 5) is 38.1. The van der Waals surface area contributed by atoms with Gasteiger partial charge in [0.2, 0.25) is 0 Å². The number of hydrogen-bond acceptors (Lipinski definition) is 6. The smallest absolute Gasteiger partial charge is 0.306 e. The van der Waals surface area contributed by atoms with Crippen molar-refractivity contribution in [3.63, 3.8) is 0 Å². The van der Waals surface area contributed by atoms with E-state index < -0.39 is 6.10 Å². The molecule has 1 atom stereocenters. The lowest BCUT2D eigenvalue weighted by Crippen LogP contribution is -2.30. The van der Waals surface area contributed by atoms with Crippen LogP contribution in [0, 0.1) is 0 Å². The van der Waals surface area contributed by atoms with Gasteiger partial charge >= 0.3 is 17.9 Å². The summed E-state index contributed by atoms with van der Waals surface area (Å²) in [5, 5.41) is 0. The number of ether oxygens (including phenoxy) is 3. The van der Waals surface area contributed by atoms with Crippen LogP contribution >= 0.6 is 0 Å². The Morgan fingerprint density at radius 1 is 0.292 bits per heavy atom. The number of allylic oxidation sites excluding steroid dienone is 2. The van der Waals surface area contributed by atoms with Crippen LogP contribution in [0.1, 0.15) is 329 Å². The Morgan fingerprint density at radius 3 is 0.769 bits per heavy atom. The second kappa shape index (κ2) is 54.8. The highest BCUT2D eigenvalue weighted by atomic mass is 16.6. The maximum Gasteiger partial charge on any atom is 0.306 e. The van der Waals surface area contributed by atoms with Gasteiger partial charge in [0.15, 0.2) is 6.10 Å². The summed E-state index contributed by atoms with van der Waals surface area (Å²) < 4.78 is 16.9. The van der Waals surface area contributed by atoms with E-state index >= 15 is 0 Å². The van der Waals surface area contributed by atoms with E-state index in [1.54, 1.807) is 0 Å². The number of hydrogen-bond donors (Lipinski definition) is 0. The van der Waals surface area contributed by atoms with E-state index in [1.807, 2.05) is 0 Å². The van der Waals surface area contributed by atoms with E-state index in [9.17, 15) is 14.4 Å². The SMILES string of the molecule is CCCCCCCCC=CCCCCCCCCCC(=O)OCC(COC(=O)CCCCCCCCCCCCCCCCC)OC(=O)CCCCCCCCCCCCCCCCC. The van der Waals surface area contributed by atoms with E-state index in [1.165, 1.54) is 231 Å². The molecule has 0 aliphatic heterocycles. The van der Waals surface area contributed by atoms with Crippen molar-refractivity contribution in [2.45, 2.75) is 335 Å². The summed E-state index contributed by atoms with van der Waals surface area (Å²) in [6, 6.07) is 0. The molecule has 6 nitrogen and oxygen atoms in total. The third-order valence-corrected chi connectivity index (χ3v) is 13.3. The second-order valence-corrected chi connectivity index (χ2v) is 19.9. The molecule has 0 saturated carbocycles. The van der Waals surface area contributed by atoms with Gasteiger partial charge in [-0.25, -0.2) is 0 Å². The summed E-state index contributed by atoms with van der Waals surface area (Å²) in [7, 11) is 0. The van der Waals surface area contributed by atoms with E-state index in [4.69, 9.17) is 14.2 Å². The molecule has 0 aliphatic carbocycles. The highest BCUT2D eigenvalue weighted by molar-refractivity contribution is 5.71. The Kier molecular flexibility index (Phi) is 53.2. The number of esters is 3. The van der Waals surface area contributed by atoms with Crippen LogP contribution in [-0.2, 0) is 28.6 Å². The number of unbranched alkanes of at least 4 members (excludes halogenated alkanes) is 41. The number of carbonyl (C=O) groups excluding carboxylic acids is 3. The van der Waals surface area contributed by atoms with Crippen LogP contribution in [0.15, 0.2) is 12.2 Å². The van der Waals surface area contributed by atoms with E-state index in [-0.39, 0.29) is 31.1 Å². The first-order valence-electron chi connectivity index (χ1n) is 29.2. The van der Waals surface area contributed by atoms with E-state index in [0.29, 0.717) is 19.3 Å². The molecule has 1 unspecified atom stereocenters. The minimum absolute atomic E-state index is 0.0651. The lowest BCUT2D eigenvalue weighted by atomic mass is 10.0. The molecule has 0 aromatic carbocycles. The zero-order chi connectivity index (χ0) is 47.2. The van der Waals surface area contributed by atoms with Crippen molar-refractivity contribution in [2.24, 2.45) is 0 Å². The van der Waals surface area contributed by atoms with Crippen LogP contribution in [-0.4, -0.2) is 37.2 Å². The Bertz CT molecular complexity index is 1010. The van der Waals surface area contributed by atoms with Crippen LogP contribution in [0.4, 0.5) is 0 Å². The highest BCUT2D eigenvalue weighted by Gasteiger charge is 2.19. The van der Waals surface area contributed by atoms with Crippen molar-refractivity contribution in [1.29, 1.82) is 0 Å². The zero-order valence-corrected chi connectivity index (χ0v) is 44.0. The van der Waals surface area contributed by atoms with Gasteiger partial charge in [0.1, 0.15) is 13.2 Å². The first-order valence-corrected chi connectivity index (χ1v) is 29.2. The molecule has 0 amide bonds. The van der Waals surface area contributed by atoms with Gasteiger partial charge in [-0.2, -0.15) is 0 Å². The molecule has 0 saturated heterocycles. The minimum Gasteiger partial charge on any atom is -0.462 e. The van der Waals surface area contributed by atoms with Crippen molar-refractivity contribution in [3.05, 3.63) is 12.2 Å². The molecule has 0 heterocycles. The quantitative estimate of drug-likeness (QED) is 0.0262. The van der Waals surface area contributed by atoms with E-state index in [2.05, 4.69) is 32.9 Å². The Morgan fingerprint density at radius 2 is 0.508 bits per heavy atom. The van der Waals surface area contributed by atoms with Crippen LogP contribution in [0.3, 0.4) is 0 Å². The second-order valence-electron chi connectivity index (χ2n) is 19.9. The fourth-order valence-corrected chi connectivity index (χ4v) is 8.85. The maximum absolute atomic E-state index is 12.8. The van der Waals surface area contributed by atoms with Crippen LogP contribution in [0.25, 0.3) is 0 Å². The zero-order valence-electron chi connectivity index (χ0n) is 44.0. The molecule has 0 spiro atoms. The third-order valence-electron chi connectivity index (χ3n) is 13.3. The molecular formula is C59H112O6. The number of carbonyl (C=O) groups is 3. The van der Waals surface area contributed by atoms with Gasteiger partial charge in [0.05, 0.1) is 0 Å². The maximum atomic E-state index is 12.8. The van der Waals surface area contributed by atoms with Crippen molar-refractivity contribution >= 4 is 17.9 Å². The van der Waals surface area contributed by atoms with E-state index in [0.717, 1.165) is 57.8 Å². The molecule has 0 N–H and O–H groups in total. The van der Waals surface area contributed by atoms with Crippen molar-refractivity contribution in [1.82, 2.24) is 0 Å². The molecule has 0 aromatic heterocycles. The summed E-state index contributed by atoms with van der Waals surface area (Å²) in [5.74, 6) is -0.844. The average Bonchev–Trinajstić information content (AvgIpc) is 3.30. The first kappa shape index (κ1) is 63.1. The van der Waals surface area contributed by atoms with Gasteiger partial charge in [-0.05, 0) is 44.9 Å². The lowest BCUT2D eigenvalue weighted by molar-refractivity contribution is -0.167. The molecule has 0 radical (unpaired) electrons. The molecule has 0 rings (SSSR count). The van der Waals surface area contributed by atoms with Crippen LogP contribution in [0.2, 0.25) is 0 Å². The largest absolute Gasteiger partial charge is 0.462 e. The lowest BCUT2D eigenvalue weighted by Gasteiger charge is -2.18. The molecule has 0 fully saturated rings. The fourth-order valence-electron chi connectivity index (χ4n) is 8.85. The standard InChI is InChI=1S/C59H112O6/c1-4-7-10-13-16-19-22-25-28-29-32-34-37-40-43-46-49-52-58(61)64-55-56(65-59(62)53-50-47-44-41-38-35-31-27-24-21-18-15-12-9-6-3)54-63-57(60)51-48-45-42-39-36-33-30-26-23-20-17-14-11-8-5-2/h25,28,56H,4-24,26-27,29-55H2,1-3H3. The Labute approximate surface area is 405 Å². The van der Waals surface area contributed by atoms with Crippen molar-refractivity contribution in [2.75, 3.05) is 13.2 Å². The number of rotatable bonds is 54. The molecule has 6 heteroatoms.